The fraction of sp³-hybridized carbons (Fsp3) is 0.400. The van der Waals surface area contributed by atoms with Gasteiger partial charge in [-0.2, -0.15) is 13.2 Å². The van der Waals surface area contributed by atoms with E-state index in [-0.39, 0.29) is 18.2 Å². The minimum absolute atomic E-state index is 0.0150. The maximum Gasteiger partial charge on any atom is 0.416 e. The predicted octanol–water partition coefficient (Wildman–Crippen LogP) is 4.59. The van der Waals surface area contributed by atoms with E-state index in [0.29, 0.717) is 13.0 Å². The standard InChI is InChI=1S/C20H20F3NO/c1-13-12-25-18-10-15-9-16(20(21,22)23)7-8-17(15)19(18)24(13)11-14-5-3-2-4-6-14/h2-9,13,18-19H,10-12H2,1H3/t13?,18-,19+/m1/s1. The second-order valence-corrected chi connectivity index (χ2v) is 6.94. The van der Waals surface area contributed by atoms with E-state index < -0.39 is 11.7 Å². The van der Waals surface area contributed by atoms with Crippen molar-refractivity contribution < 1.29 is 17.9 Å². The largest absolute Gasteiger partial charge is 0.416 e. The van der Waals surface area contributed by atoms with Gasteiger partial charge in [-0.25, -0.2) is 0 Å². The van der Waals surface area contributed by atoms with Crippen LogP contribution in [0.2, 0.25) is 0 Å². The van der Waals surface area contributed by atoms with Crippen LogP contribution in [0.5, 0.6) is 0 Å². The number of nitrogens with zero attached hydrogens (tertiary/aromatic N) is 1. The topological polar surface area (TPSA) is 12.5 Å². The lowest BCUT2D eigenvalue weighted by Crippen LogP contribution is -2.48. The molecule has 0 saturated carbocycles. The van der Waals surface area contributed by atoms with Crippen molar-refractivity contribution in [1.29, 1.82) is 0 Å². The molecule has 1 unspecified atom stereocenters. The summed E-state index contributed by atoms with van der Waals surface area (Å²) in [7, 11) is 0. The first-order valence-electron chi connectivity index (χ1n) is 8.55. The van der Waals surface area contributed by atoms with Crippen molar-refractivity contribution in [3.05, 3.63) is 70.8 Å². The molecule has 1 aliphatic carbocycles. The number of morpholine rings is 1. The maximum absolute atomic E-state index is 13.0. The van der Waals surface area contributed by atoms with Crippen LogP contribution in [0, 0.1) is 0 Å². The van der Waals surface area contributed by atoms with Crippen molar-refractivity contribution in [1.82, 2.24) is 4.90 Å². The third kappa shape index (κ3) is 3.07. The highest BCUT2D eigenvalue weighted by atomic mass is 19.4. The first-order valence-corrected chi connectivity index (χ1v) is 8.55. The summed E-state index contributed by atoms with van der Waals surface area (Å²) in [6.45, 7) is 3.49. The number of hydrogen-bond acceptors (Lipinski definition) is 2. The lowest BCUT2D eigenvalue weighted by atomic mass is 10.00. The Morgan fingerprint density at radius 3 is 2.60 bits per heavy atom. The normalized spacial score (nSPS) is 26.3. The van der Waals surface area contributed by atoms with Gasteiger partial charge in [-0.15, -0.1) is 0 Å². The molecule has 1 saturated heterocycles. The molecular formula is C20H20F3NO. The first-order chi connectivity index (χ1) is 11.9. The molecule has 2 aromatic carbocycles. The molecule has 3 atom stereocenters. The van der Waals surface area contributed by atoms with E-state index in [0.717, 1.165) is 17.7 Å². The SMILES string of the molecule is CC1CO[C@@H]2Cc3cc(C(F)(F)F)ccc3[C@@H]2N1Cc1ccccc1. The molecule has 1 fully saturated rings. The zero-order valence-electron chi connectivity index (χ0n) is 14.0. The molecule has 25 heavy (non-hydrogen) atoms. The Labute approximate surface area is 145 Å². The summed E-state index contributed by atoms with van der Waals surface area (Å²) >= 11 is 0. The first kappa shape index (κ1) is 16.6. The highest BCUT2D eigenvalue weighted by Crippen LogP contribution is 2.44. The number of alkyl halides is 3. The van der Waals surface area contributed by atoms with Crippen molar-refractivity contribution in [3.63, 3.8) is 0 Å². The van der Waals surface area contributed by atoms with Gasteiger partial charge in [0.2, 0.25) is 0 Å². The van der Waals surface area contributed by atoms with E-state index >= 15 is 0 Å². The molecule has 1 aliphatic heterocycles. The summed E-state index contributed by atoms with van der Waals surface area (Å²) in [5.74, 6) is 0. The van der Waals surface area contributed by atoms with Gasteiger partial charge in [-0.3, -0.25) is 4.90 Å². The van der Waals surface area contributed by atoms with Crippen molar-refractivity contribution in [2.45, 2.75) is 44.3 Å². The quantitative estimate of drug-likeness (QED) is 0.788. The Kier molecular flexibility index (Phi) is 4.08. The van der Waals surface area contributed by atoms with Gasteiger partial charge in [-0.05, 0) is 35.7 Å². The van der Waals surface area contributed by atoms with Crippen LogP contribution >= 0.6 is 0 Å². The van der Waals surface area contributed by atoms with Gasteiger partial charge in [-0.1, -0.05) is 36.4 Å². The molecule has 0 amide bonds. The van der Waals surface area contributed by atoms with Crippen LogP contribution in [0.15, 0.2) is 48.5 Å². The van der Waals surface area contributed by atoms with Gasteiger partial charge in [0.25, 0.3) is 0 Å². The summed E-state index contributed by atoms with van der Waals surface area (Å²) in [5, 5.41) is 0. The number of rotatable bonds is 2. The fourth-order valence-corrected chi connectivity index (χ4v) is 4.00. The lowest BCUT2D eigenvalue weighted by molar-refractivity contribution is -0.137. The van der Waals surface area contributed by atoms with E-state index in [2.05, 4.69) is 24.0 Å². The van der Waals surface area contributed by atoms with Crippen LogP contribution in [-0.4, -0.2) is 23.7 Å². The molecule has 2 nitrogen and oxygen atoms in total. The van der Waals surface area contributed by atoms with E-state index in [9.17, 15) is 13.2 Å². The molecule has 0 N–H and O–H groups in total. The van der Waals surface area contributed by atoms with Crippen LogP contribution in [0.25, 0.3) is 0 Å². The number of ether oxygens (including phenoxy) is 1. The second kappa shape index (κ2) is 6.15. The molecule has 0 bridgehead atoms. The van der Waals surface area contributed by atoms with E-state index in [1.807, 2.05) is 18.2 Å². The molecule has 0 radical (unpaired) electrons. The zero-order chi connectivity index (χ0) is 17.6. The third-order valence-electron chi connectivity index (χ3n) is 5.25. The molecule has 132 valence electrons. The minimum Gasteiger partial charge on any atom is -0.374 e. The van der Waals surface area contributed by atoms with Gasteiger partial charge >= 0.3 is 6.18 Å². The van der Waals surface area contributed by atoms with Crippen LogP contribution in [0.3, 0.4) is 0 Å². The number of fused-ring (bicyclic) bond motifs is 3. The Balaban J connectivity index is 1.67. The number of benzene rings is 2. The summed E-state index contributed by atoms with van der Waals surface area (Å²) in [4.78, 5) is 2.36. The van der Waals surface area contributed by atoms with Crippen LogP contribution in [0.4, 0.5) is 13.2 Å². The van der Waals surface area contributed by atoms with Gasteiger partial charge in [0.15, 0.2) is 0 Å². The second-order valence-electron chi connectivity index (χ2n) is 6.94. The third-order valence-corrected chi connectivity index (χ3v) is 5.25. The minimum atomic E-state index is -4.30. The van der Waals surface area contributed by atoms with Gasteiger partial charge < -0.3 is 4.74 Å². The highest BCUT2D eigenvalue weighted by molar-refractivity contribution is 5.41. The molecule has 2 aromatic rings. The Bertz CT molecular complexity index is 759. The monoisotopic (exact) mass is 347 g/mol. The maximum atomic E-state index is 13.0. The van der Waals surface area contributed by atoms with Crippen molar-refractivity contribution in [3.8, 4) is 0 Å². The molecule has 5 heteroatoms. The zero-order valence-corrected chi connectivity index (χ0v) is 14.0. The van der Waals surface area contributed by atoms with Crippen LogP contribution < -0.4 is 0 Å². The number of halogens is 3. The number of hydrogen-bond donors (Lipinski definition) is 0. The summed E-state index contributed by atoms with van der Waals surface area (Å²) < 4.78 is 45.0. The summed E-state index contributed by atoms with van der Waals surface area (Å²) in [5.41, 5.74) is 2.36. The van der Waals surface area contributed by atoms with E-state index in [4.69, 9.17) is 4.74 Å². The molecule has 0 spiro atoms. The predicted molar refractivity (Wildman–Crippen MR) is 89.1 cm³/mol. The lowest BCUT2D eigenvalue weighted by Gasteiger charge is -2.42. The Morgan fingerprint density at radius 2 is 1.88 bits per heavy atom. The van der Waals surface area contributed by atoms with Crippen LogP contribution in [0.1, 0.15) is 35.2 Å². The Hall–Kier alpha value is -1.85. The molecule has 0 aromatic heterocycles. The summed E-state index contributed by atoms with van der Waals surface area (Å²) in [6, 6.07) is 14.5. The molecule has 2 aliphatic rings. The average molecular weight is 347 g/mol. The molecule has 1 heterocycles. The molecule has 4 rings (SSSR count). The fourth-order valence-electron chi connectivity index (χ4n) is 4.00. The van der Waals surface area contributed by atoms with E-state index in [1.54, 1.807) is 6.07 Å². The summed E-state index contributed by atoms with van der Waals surface area (Å²) in [6.07, 6.45) is -3.83. The smallest absolute Gasteiger partial charge is 0.374 e. The van der Waals surface area contributed by atoms with E-state index in [1.165, 1.54) is 17.7 Å². The van der Waals surface area contributed by atoms with Gasteiger partial charge in [0, 0.05) is 19.0 Å². The Morgan fingerprint density at radius 1 is 1.12 bits per heavy atom. The molecular weight excluding hydrogens is 327 g/mol. The van der Waals surface area contributed by atoms with Gasteiger partial charge in [0.05, 0.1) is 24.3 Å². The van der Waals surface area contributed by atoms with Crippen molar-refractivity contribution in [2.75, 3.05) is 6.61 Å². The highest BCUT2D eigenvalue weighted by Gasteiger charge is 2.43. The van der Waals surface area contributed by atoms with Crippen molar-refractivity contribution in [2.24, 2.45) is 0 Å². The van der Waals surface area contributed by atoms with Gasteiger partial charge in [0.1, 0.15) is 0 Å². The average Bonchev–Trinajstić information content (AvgIpc) is 2.95. The van der Waals surface area contributed by atoms with Crippen molar-refractivity contribution >= 4 is 0 Å². The van der Waals surface area contributed by atoms with Crippen LogP contribution in [-0.2, 0) is 23.9 Å².